The highest BCUT2D eigenvalue weighted by Crippen LogP contribution is 2.30. The number of carbonyl (C=O) groups excluding carboxylic acids is 3. The number of alkyl halides is 3. The summed E-state index contributed by atoms with van der Waals surface area (Å²) < 4.78 is 52.8. The summed E-state index contributed by atoms with van der Waals surface area (Å²) in [4.78, 5) is 35.2. The van der Waals surface area contributed by atoms with Gasteiger partial charge in [0.05, 0.1) is 12.7 Å². The molecule has 1 aromatic rings. The molecular formula is C16H14F3NO6. The zero-order valence-electron chi connectivity index (χ0n) is 13.9. The van der Waals surface area contributed by atoms with Crippen LogP contribution in [0.5, 0.6) is 5.75 Å². The lowest BCUT2D eigenvalue weighted by atomic mass is 10.1. The molecule has 0 bridgehead atoms. The summed E-state index contributed by atoms with van der Waals surface area (Å²) in [5, 5.41) is 2.34. The first kappa shape index (κ1) is 19.3. The van der Waals surface area contributed by atoms with Crippen molar-refractivity contribution in [3.63, 3.8) is 0 Å². The molecule has 0 unspecified atom stereocenters. The van der Waals surface area contributed by atoms with Crippen molar-refractivity contribution in [3.05, 3.63) is 35.5 Å². The van der Waals surface area contributed by atoms with Crippen LogP contribution in [0, 0.1) is 0 Å². The summed E-state index contributed by atoms with van der Waals surface area (Å²) in [6.07, 6.45) is -4.31. The van der Waals surface area contributed by atoms with Crippen LogP contribution in [0.25, 0.3) is 0 Å². The first-order chi connectivity index (χ1) is 11.9. The number of anilines is 1. The van der Waals surface area contributed by atoms with Gasteiger partial charge in [-0.1, -0.05) is 0 Å². The van der Waals surface area contributed by atoms with E-state index in [1.807, 2.05) is 0 Å². The Bertz CT molecular complexity index is 776. The van der Waals surface area contributed by atoms with E-state index in [0.717, 1.165) is 18.3 Å². The number of ether oxygens (including phenoxy) is 3. The Morgan fingerprint density at radius 1 is 1.19 bits per heavy atom. The quantitative estimate of drug-likeness (QED) is 0.375. The molecule has 0 amide bonds. The van der Waals surface area contributed by atoms with E-state index in [4.69, 9.17) is 14.2 Å². The van der Waals surface area contributed by atoms with Gasteiger partial charge in [-0.25, -0.2) is 9.59 Å². The van der Waals surface area contributed by atoms with Crippen LogP contribution < -0.4 is 10.1 Å². The zero-order chi connectivity index (χ0) is 19.7. The van der Waals surface area contributed by atoms with E-state index in [0.29, 0.717) is 0 Å². The van der Waals surface area contributed by atoms with Crippen LogP contribution in [-0.4, -0.2) is 36.8 Å². The smallest absolute Gasteiger partial charge is 0.454 e. The van der Waals surface area contributed by atoms with E-state index in [1.54, 1.807) is 0 Å². The van der Waals surface area contributed by atoms with Gasteiger partial charge in [-0.3, -0.25) is 4.79 Å². The van der Waals surface area contributed by atoms with E-state index < -0.39 is 40.8 Å². The van der Waals surface area contributed by atoms with Crippen LogP contribution in [0.3, 0.4) is 0 Å². The average Bonchev–Trinajstić information content (AvgIpc) is 2.51. The van der Waals surface area contributed by atoms with Crippen LogP contribution >= 0.6 is 0 Å². The number of nitrogens with one attached hydrogen (secondary N) is 1. The Morgan fingerprint density at radius 3 is 2.27 bits per heavy atom. The molecule has 0 saturated carbocycles. The molecule has 1 aliphatic heterocycles. The van der Waals surface area contributed by atoms with Gasteiger partial charge in [0.15, 0.2) is 5.57 Å². The molecule has 140 valence electrons. The highest BCUT2D eigenvalue weighted by atomic mass is 19.4. The lowest BCUT2D eigenvalue weighted by Crippen LogP contribution is -2.42. The van der Waals surface area contributed by atoms with Crippen LogP contribution in [-0.2, 0) is 19.1 Å². The molecule has 0 aromatic heterocycles. The Balaban J connectivity index is 2.36. The number of rotatable bonds is 4. The number of halogens is 3. The SMILES string of the molecule is COc1ccc(NC=C2C(=O)OC(C)(C)OC2=O)c(C(=O)C(F)(F)F)c1. The number of Topliss-reactive ketones (excluding diaryl/α,β-unsaturated/α-hetero) is 1. The zero-order valence-corrected chi connectivity index (χ0v) is 13.9. The van der Waals surface area contributed by atoms with Crippen LogP contribution in [0.4, 0.5) is 18.9 Å². The fourth-order valence-corrected chi connectivity index (χ4v) is 2.05. The normalized spacial score (nSPS) is 16.5. The maximum Gasteiger partial charge on any atom is 0.454 e. The maximum absolute atomic E-state index is 12.8. The topological polar surface area (TPSA) is 90.9 Å². The number of carbonyl (C=O) groups is 3. The van der Waals surface area contributed by atoms with E-state index in [2.05, 4.69) is 5.32 Å². The average molecular weight is 373 g/mol. The van der Waals surface area contributed by atoms with Gasteiger partial charge in [0, 0.05) is 25.7 Å². The molecule has 10 heteroatoms. The highest BCUT2D eigenvalue weighted by Gasteiger charge is 2.41. The van der Waals surface area contributed by atoms with Crippen LogP contribution in [0.2, 0.25) is 0 Å². The number of cyclic esters (lactones) is 2. The molecular weight excluding hydrogens is 359 g/mol. The molecule has 1 aromatic carbocycles. The van der Waals surface area contributed by atoms with Crippen molar-refractivity contribution >= 4 is 23.4 Å². The third kappa shape index (κ3) is 4.13. The van der Waals surface area contributed by atoms with E-state index in [1.165, 1.54) is 27.0 Å². The number of benzene rings is 1. The minimum atomic E-state index is -5.12. The molecule has 1 heterocycles. The summed E-state index contributed by atoms with van der Waals surface area (Å²) in [6.45, 7) is 2.69. The largest absolute Gasteiger partial charge is 0.497 e. The number of hydrogen-bond acceptors (Lipinski definition) is 7. The summed E-state index contributed by atoms with van der Waals surface area (Å²) in [5.74, 6) is -5.59. The minimum absolute atomic E-state index is 0.0223. The van der Waals surface area contributed by atoms with Crippen LogP contribution in [0.1, 0.15) is 24.2 Å². The van der Waals surface area contributed by atoms with Gasteiger partial charge >= 0.3 is 18.1 Å². The molecule has 2 rings (SSSR count). The second-order valence-corrected chi connectivity index (χ2v) is 5.62. The van der Waals surface area contributed by atoms with Crippen molar-refractivity contribution in [1.82, 2.24) is 0 Å². The summed E-state index contributed by atoms with van der Waals surface area (Å²) in [5.41, 5.74) is -1.59. The minimum Gasteiger partial charge on any atom is -0.497 e. The Labute approximate surface area is 145 Å². The van der Waals surface area contributed by atoms with Gasteiger partial charge in [-0.2, -0.15) is 13.2 Å². The van der Waals surface area contributed by atoms with E-state index >= 15 is 0 Å². The second-order valence-electron chi connectivity index (χ2n) is 5.62. The van der Waals surface area contributed by atoms with Crippen molar-refractivity contribution in [3.8, 4) is 5.75 Å². The summed E-state index contributed by atoms with van der Waals surface area (Å²) in [7, 11) is 1.22. The monoisotopic (exact) mass is 373 g/mol. The van der Waals surface area contributed by atoms with Gasteiger partial charge in [0.2, 0.25) is 0 Å². The Hall–Kier alpha value is -3.04. The summed E-state index contributed by atoms with van der Waals surface area (Å²) in [6, 6.07) is 3.32. The predicted molar refractivity (Wildman–Crippen MR) is 81.3 cm³/mol. The van der Waals surface area contributed by atoms with Crippen molar-refractivity contribution in [2.75, 3.05) is 12.4 Å². The maximum atomic E-state index is 12.8. The van der Waals surface area contributed by atoms with Crippen molar-refractivity contribution in [2.45, 2.75) is 25.8 Å². The summed E-state index contributed by atoms with van der Waals surface area (Å²) >= 11 is 0. The van der Waals surface area contributed by atoms with Gasteiger partial charge in [-0.15, -0.1) is 0 Å². The first-order valence-corrected chi connectivity index (χ1v) is 7.17. The number of methoxy groups -OCH3 is 1. The molecule has 0 spiro atoms. The second kappa shape index (κ2) is 6.70. The number of esters is 2. The highest BCUT2D eigenvalue weighted by molar-refractivity contribution is 6.15. The number of hydrogen-bond donors (Lipinski definition) is 1. The fraction of sp³-hybridized carbons (Fsp3) is 0.312. The van der Waals surface area contributed by atoms with Gasteiger partial charge in [0.1, 0.15) is 5.75 Å². The Morgan fingerprint density at radius 2 is 1.77 bits per heavy atom. The third-order valence-corrected chi connectivity index (χ3v) is 3.22. The van der Waals surface area contributed by atoms with Crippen LogP contribution in [0.15, 0.2) is 30.0 Å². The van der Waals surface area contributed by atoms with E-state index in [9.17, 15) is 27.6 Å². The molecule has 1 saturated heterocycles. The first-order valence-electron chi connectivity index (χ1n) is 7.17. The van der Waals surface area contributed by atoms with Crippen molar-refractivity contribution < 1.29 is 41.8 Å². The lowest BCUT2D eigenvalue weighted by Gasteiger charge is -2.29. The molecule has 0 aliphatic carbocycles. The Kier molecular flexibility index (Phi) is 4.97. The third-order valence-electron chi connectivity index (χ3n) is 3.22. The molecule has 1 fully saturated rings. The lowest BCUT2D eigenvalue weighted by molar-refractivity contribution is -0.222. The van der Waals surface area contributed by atoms with Gasteiger partial charge in [0.25, 0.3) is 11.6 Å². The van der Waals surface area contributed by atoms with Gasteiger partial charge in [-0.05, 0) is 18.2 Å². The predicted octanol–water partition coefficient (Wildman–Crippen LogP) is 2.57. The van der Waals surface area contributed by atoms with Gasteiger partial charge < -0.3 is 19.5 Å². The molecule has 1 aliphatic rings. The molecule has 0 atom stereocenters. The molecule has 0 radical (unpaired) electrons. The van der Waals surface area contributed by atoms with Crippen molar-refractivity contribution in [1.29, 1.82) is 0 Å². The molecule has 7 nitrogen and oxygen atoms in total. The molecule has 1 N–H and O–H groups in total. The number of ketones is 1. The molecule has 26 heavy (non-hydrogen) atoms. The standard InChI is InChI=1S/C16H14F3NO6/c1-15(2)25-13(22)10(14(23)26-15)7-20-11-5-4-8(24-3)6-9(11)12(21)16(17,18)19/h4-7,20H,1-3H3. The van der Waals surface area contributed by atoms with E-state index in [-0.39, 0.29) is 11.4 Å². The van der Waals surface area contributed by atoms with Crippen molar-refractivity contribution in [2.24, 2.45) is 0 Å². The fourth-order valence-electron chi connectivity index (χ4n) is 2.05.